The van der Waals surface area contributed by atoms with Gasteiger partial charge in [-0.3, -0.25) is 4.98 Å². The first-order valence-electron chi connectivity index (χ1n) is 12.9. The summed E-state index contributed by atoms with van der Waals surface area (Å²) in [5.41, 5.74) is 4.47. The second kappa shape index (κ2) is 10.7. The van der Waals surface area contributed by atoms with Gasteiger partial charge in [0.1, 0.15) is 4.83 Å². The third-order valence-corrected chi connectivity index (χ3v) is 6.67. The van der Waals surface area contributed by atoms with Crippen LogP contribution in [0.4, 0.5) is 0 Å². The number of aryl methyl sites for hydroxylation is 2. The van der Waals surface area contributed by atoms with Crippen LogP contribution in [-0.2, 0) is 20.1 Å². The first kappa shape index (κ1) is 21.4. The Kier molecular flexibility index (Phi) is 6.20. The van der Waals surface area contributed by atoms with E-state index in [1.54, 1.807) is 23.6 Å². The van der Waals surface area contributed by atoms with Crippen LogP contribution in [0.1, 0.15) is 14.7 Å². The molecule has 0 fully saturated rings. The number of hydrogen-bond acceptors (Lipinski definition) is 5. The molecule has 5 heterocycles. The summed E-state index contributed by atoms with van der Waals surface area (Å²) in [6.07, 6.45) is 1.79. The normalized spacial score (nSPS) is 12.3. The second-order valence-electron chi connectivity index (χ2n) is 8.19. The van der Waals surface area contributed by atoms with E-state index in [0.29, 0.717) is 11.3 Å². The zero-order valence-electron chi connectivity index (χ0n) is 22.7. The van der Waals surface area contributed by atoms with Crippen LogP contribution in [-0.4, -0.2) is 15.0 Å². The molecule has 0 N–H and O–H groups in total. The molecule has 183 valence electrons. The quantitative estimate of drug-likeness (QED) is 0.173. The third-order valence-electron chi connectivity index (χ3n) is 5.71. The Labute approximate surface area is 236 Å². The Morgan fingerprint density at radius 3 is 2.59 bits per heavy atom. The Bertz CT molecular complexity index is 1880. The minimum Gasteiger partial charge on any atom is -0.486 e. The Balaban J connectivity index is 0.000000209. The van der Waals surface area contributed by atoms with Gasteiger partial charge >= 0.3 is 0 Å². The maximum absolute atomic E-state index is 7.55. The van der Waals surface area contributed by atoms with Gasteiger partial charge < -0.3 is 9.40 Å². The maximum Gasteiger partial charge on any atom is 0.216 e. The zero-order chi connectivity index (χ0) is 27.0. The van der Waals surface area contributed by atoms with E-state index < -0.39 is 6.85 Å². The first-order chi connectivity index (χ1) is 18.9. The molecule has 4 nitrogen and oxygen atoms in total. The number of fused-ring (bicyclic) bond motifs is 4. The molecule has 0 aliphatic rings. The molecule has 0 bridgehead atoms. The largest absolute Gasteiger partial charge is 0.486 e. The van der Waals surface area contributed by atoms with Gasteiger partial charge in [-0.2, -0.15) is 0 Å². The fourth-order valence-corrected chi connectivity index (χ4v) is 4.95. The molecule has 1 radical (unpaired) electrons. The molecule has 37 heavy (non-hydrogen) atoms. The van der Waals surface area contributed by atoms with Crippen LogP contribution in [0.15, 0.2) is 95.5 Å². The molecule has 0 atom stereocenters. The molecule has 0 aliphatic carbocycles. The topological polar surface area (TPSA) is 51.8 Å². The van der Waals surface area contributed by atoms with Crippen LogP contribution in [0.5, 0.6) is 0 Å². The number of rotatable bonds is 2. The molecule has 7 aromatic rings. The van der Waals surface area contributed by atoms with Crippen molar-refractivity contribution in [3.8, 4) is 22.5 Å². The fourth-order valence-electron chi connectivity index (χ4n) is 4.07. The predicted octanol–water partition coefficient (Wildman–Crippen LogP) is 8.22. The summed E-state index contributed by atoms with van der Waals surface area (Å²) in [4.78, 5) is 15.4. The Morgan fingerprint density at radius 1 is 0.865 bits per heavy atom. The molecule has 0 amide bonds. The van der Waals surface area contributed by atoms with Crippen LogP contribution in [0.25, 0.3) is 54.8 Å². The van der Waals surface area contributed by atoms with Crippen LogP contribution in [0, 0.1) is 25.9 Å². The number of benzene rings is 2. The van der Waals surface area contributed by atoms with E-state index in [9.17, 15) is 0 Å². The zero-order valence-corrected chi connectivity index (χ0v) is 22.9. The van der Waals surface area contributed by atoms with Crippen molar-refractivity contribution in [2.75, 3.05) is 0 Å². The van der Waals surface area contributed by atoms with Crippen molar-refractivity contribution in [3.05, 3.63) is 114 Å². The van der Waals surface area contributed by atoms with Crippen molar-refractivity contribution in [1.29, 1.82) is 0 Å². The summed E-state index contributed by atoms with van der Waals surface area (Å²) in [7, 11) is 0. The van der Waals surface area contributed by atoms with Crippen molar-refractivity contribution in [2.24, 2.45) is 0 Å². The van der Waals surface area contributed by atoms with Crippen LogP contribution >= 0.6 is 11.3 Å². The summed E-state index contributed by atoms with van der Waals surface area (Å²) in [5, 5.41) is 2.76. The maximum atomic E-state index is 7.55. The number of thiophene rings is 1. The Morgan fingerprint density at radius 2 is 1.78 bits per heavy atom. The number of nitrogens with zero attached hydrogens (tertiary/aromatic N) is 3. The second-order valence-corrected chi connectivity index (χ2v) is 9.42. The molecule has 0 saturated carbocycles. The molecule has 6 heteroatoms. The SMILES string of the molecule is [2H]C([2H])([2H])c1ccc2c(n1)oc1c(-c3ccc4cc(C)sc4n3)[c-]ccc12.[Ir].[c-]1ccccc1-c1ccccn1. The summed E-state index contributed by atoms with van der Waals surface area (Å²) >= 11 is 1.65. The first-order valence-corrected chi connectivity index (χ1v) is 12.2. The van der Waals surface area contributed by atoms with Gasteiger partial charge in [-0.1, -0.05) is 35.2 Å². The molecule has 0 spiro atoms. The summed E-state index contributed by atoms with van der Waals surface area (Å²) in [5.74, 6) is 0. The van der Waals surface area contributed by atoms with E-state index in [0.717, 1.165) is 43.5 Å². The number of pyridine rings is 3. The monoisotopic (exact) mass is 679 g/mol. The minimum absolute atomic E-state index is 0. The number of furan rings is 1. The molecule has 0 saturated heterocycles. The fraction of sp³-hybridized carbons (Fsp3) is 0.0645. The average Bonchev–Trinajstić information content (AvgIpc) is 3.52. The van der Waals surface area contributed by atoms with Gasteiger partial charge in [0, 0.05) is 51.8 Å². The van der Waals surface area contributed by atoms with Gasteiger partial charge in [0.15, 0.2) is 0 Å². The third kappa shape index (κ3) is 5.09. The van der Waals surface area contributed by atoms with Crippen LogP contribution < -0.4 is 0 Å². The summed E-state index contributed by atoms with van der Waals surface area (Å²) < 4.78 is 28.6. The molecule has 5 aromatic heterocycles. The summed E-state index contributed by atoms with van der Waals surface area (Å²) in [6, 6.07) is 33.1. The minimum atomic E-state index is -2.27. The van der Waals surface area contributed by atoms with Crippen molar-refractivity contribution < 1.29 is 28.6 Å². The number of hydrogen-bond donors (Lipinski definition) is 0. The van der Waals surface area contributed by atoms with Crippen molar-refractivity contribution >= 4 is 43.6 Å². The van der Waals surface area contributed by atoms with Crippen LogP contribution in [0.3, 0.4) is 0 Å². The molecule has 2 aromatic carbocycles. The summed E-state index contributed by atoms with van der Waals surface area (Å²) in [6.45, 7) is -0.210. The smallest absolute Gasteiger partial charge is 0.216 e. The van der Waals surface area contributed by atoms with Crippen LogP contribution in [0.2, 0.25) is 0 Å². The van der Waals surface area contributed by atoms with E-state index in [2.05, 4.69) is 35.1 Å². The van der Waals surface area contributed by atoms with Gasteiger partial charge in [-0.15, -0.1) is 65.4 Å². The van der Waals surface area contributed by atoms with Crippen molar-refractivity contribution in [3.63, 3.8) is 0 Å². The molecular weight excluding hydrogens is 655 g/mol. The molecule has 7 rings (SSSR count). The molecule has 0 unspecified atom stereocenters. The molecular formula is C31H21IrN3OS-2. The van der Waals surface area contributed by atoms with Gasteiger partial charge in [0.25, 0.3) is 0 Å². The average molecular weight is 679 g/mol. The van der Waals surface area contributed by atoms with E-state index in [1.165, 1.54) is 10.9 Å². The Hall–Kier alpha value is -3.70. The standard InChI is InChI=1S/C20H13N2OS.C11H8N.Ir/c1-11-6-8-15-14-4-3-5-16(18(14)23-19(15)21-11)17-9-7-13-10-12(2)24-20(13)22-17;1-2-6-10(7-3-1)11-8-4-5-9-12-11;/h3-4,6-10H,1-2H3;1-6,8-9H;/q2*-1;/i1D3;;. The van der Waals surface area contributed by atoms with Gasteiger partial charge in [0.05, 0.1) is 5.58 Å². The predicted molar refractivity (Wildman–Crippen MR) is 147 cm³/mol. The van der Waals surface area contributed by atoms with E-state index in [4.69, 9.17) is 13.5 Å². The van der Waals surface area contributed by atoms with E-state index in [-0.39, 0.29) is 25.8 Å². The van der Waals surface area contributed by atoms with E-state index in [1.807, 2.05) is 66.7 Å². The van der Waals surface area contributed by atoms with Crippen molar-refractivity contribution in [2.45, 2.75) is 13.8 Å². The molecule has 0 aliphatic heterocycles. The van der Waals surface area contributed by atoms with Gasteiger partial charge in [-0.05, 0) is 49.4 Å². The van der Waals surface area contributed by atoms with Gasteiger partial charge in [-0.25, -0.2) is 4.98 Å². The van der Waals surface area contributed by atoms with Crippen molar-refractivity contribution in [1.82, 2.24) is 15.0 Å². The number of aromatic nitrogens is 3. The van der Waals surface area contributed by atoms with Gasteiger partial charge in [0.2, 0.25) is 5.71 Å². The van der Waals surface area contributed by atoms with E-state index >= 15 is 0 Å².